The lowest BCUT2D eigenvalue weighted by molar-refractivity contribution is -0.121. The molecule has 0 saturated carbocycles. The van der Waals surface area contributed by atoms with Gasteiger partial charge in [-0.15, -0.1) is 0 Å². The smallest absolute Gasteiger partial charge is 0.263 e. The van der Waals surface area contributed by atoms with E-state index in [9.17, 15) is 14.0 Å². The van der Waals surface area contributed by atoms with Crippen LogP contribution in [0.1, 0.15) is 6.42 Å². The molecule has 0 aliphatic carbocycles. The molecule has 3 rings (SSSR count). The molecule has 0 saturated heterocycles. The molecule has 0 aromatic heterocycles. The number of nitrogens with one attached hydrogen (secondary N) is 1. The summed E-state index contributed by atoms with van der Waals surface area (Å²) >= 11 is 0. The SMILES string of the molecule is O=C(COc1ccc(F)cc1)NC1=NN(c2ccccc2)C(=O)C1. The Kier molecular flexibility index (Phi) is 4.51. The van der Waals surface area contributed by atoms with Gasteiger partial charge in [-0.3, -0.25) is 9.59 Å². The van der Waals surface area contributed by atoms with Gasteiger partial charge in [0.1, 0.15) is 17.4 Å². The van der Waals surface area contributed by atoms with E-state index < -0.39 is 5.91 Å². The molecule has 2 amide bonds. The van der Waals surface area contributed by atoms with Crippen molar-refractivity contribution in [3.05, 3.63) is 60.4 Å². The van der Waals surface area contributed by atoms with E-state index >= 15 is 0 Å². The van der Waals surface area contributed by atoms with Gasteiger partial charge in [0.15, 0.2) is 6.61 Å². The predicted molar refractivity (Wildman–Crippen MR) is 86.0 cm³/mol. The number of benzene rings is 2. The molecule has 1 aliphatic heterocycles. The van der Waals surface area contributed by atoms with Crippen molar-refractivity contribution in [3.63, 3.8) is 0 Å². The molecule has 0 fully saturated rings. The number of hydrazone groups is 1. The number of amidine groups is 1. The van der Waals surface area contributed by atoms with Crippen LogP contribution in [0.15, 0.2) is 59.7 Å². The normalized spacial score (nSPS) is 13.6. The standard InChI is InChI=1S/C17H14FN3O3/c18-12-6-8-14(9-7-12)24-11-16(22)19-15-10-17(23)21(20-15)13-4-2-1-3-5-13/h1-9H,10-11H2,(H,19,20,22). The second-order valence-corrected chi connectivity index (χ2v) is 5.06. The molecule has 1 heterocycles. The lowest BCUT2D eigenvalue weighted by atomic mass is 10.3. The van der Waals surface area contributed by atoms with Crippen LogP contribution in [0.4, 0.5) is 10.1 Å². The summed E-state index contributed by atoms with van der Waals surface area (Å²) in [6.07, 6.45) is 0.0111. The van der Waals surface area contributed by atoms with Crippen molar-refractivity contribution in [2.24, 2.45) is 5.10 Å². The van der Waals surface area contributed by atoms with Crippen molar-refractivity contribution in [2.45, 2.75) is 6.42 Å². The Morgan fingerprint density at radius 1 is 1.17 bits per heavy atom. The number of rotatable bonds is 4. The molecule has 0 bridgehead atoms. The van der Waals surface area contributed by atoms with Gasteiger partial charge in [-0.25, -0.2) is 4.39 Å². The monoisotopic (exact) mass is 327 g/mol. The maximum Gasteiger partial charge on any atom is 0.263 e. The zero-order chi connectivity index (χ0) is 16.9. The third kappa shape index (κ3) is 3.75. The number of hydrogen-bond donors (Lipinski definition) is 1. The fraction of sp³-hybridized carbons (Fsp3) is 0.118. The highest BCUT2D eigenvalue weighted by Crippen LogP contribution is 2.19. The average Bonchev–Trinajstić information content (AvgIpc) is 2.95. The molecule has 2 aromatic rings. The topological polar surface area (TPSA) is 71.0 Å². The Labute approximate surface area is 137 Å². The Hall–Kier alpha value is -3.22. The first kappa shape index (κ1) is 15.7. The molecule has 0 spiro atoms. The lowest BCUT2D eigenvalue weighted by Gasteiger charge is -2.10. The highest BCUT2D eigenvalue weighted by Gasteiger charge is 2.26. The minimum Gasteiger partial charge on any atom is -0.484 e. The minimum absolute atomic E-state index is 0.0111. The van der Waals surface area contributed by atoms with Crippen LogP contribution in [0.25, 0.3) is 0 Å². The minimum atomic E-state index is -0.444. The second-order valence-electron chi connectivity index (χ2n) is 5.06. The van der Waals surface area contributed by atoms with E-state index in [0.717, 1.165) is 0 Å². The molecule has 1 N–H and O–H groups in total. The van der Waals surface area contributed by atoms with Crippen LogP contribution in [0, 0.1) is 5.82 Å². The third-order valence-corrected chi connectivity index (χ3v) is 3.24. The van der Waals surface area contributed by atoms with E-state index in [1.165, 1.54) is 29.3 Å². The number of halogens is 1. The summed E-state index contributed by atoms with van der Waals surface area (Å²) in [5, 5.41) is 7.90. The zero-order valence-corrected chi connectivity index (χ0v) is 12.6. The van der Waals surface area contributed by atoms with Gasteiger partial charge in [-0.2, -0.15) is 10.1 Å². The summed E-state index contributed by atoms with van der Waals surface area (Å²) in [4.78, 5) is 23.8. The maximum atomic E-state index is 12.8. The molecule has 6 nitrogen and oxygen atoms in total. The van der Waals surface area contributed by atoms with E-state index in [4.69, 9.17) is 4.74 Å². The van der Waals surface area contributed by atoms with Crippen LogP contribution in [-0.2, 0) is 9.59 Å². The largest absolute Gasteiger partial charge is 0.484 e. The van der Waals surface area contributed by atoms with Crippen LogP contribution in [0.3, 0.4) is 0 Å². The first-order valence-corrected chi connectivity index (χ1v) is 7.25. The van der Waals surface area contributed by atoms with Crippen molar-refractivity contribution in [3.8, 4) is 5.75 Å². The van der Waals surface area contributed by atoms with Gasteiger partial charge < -0.3 is 10.1 Å². The number of carbonyl (C=O) groups excluding carboxylic acids is 2. The maximum absolute atomic E-state index is 12.8. The van der Waals surface area contributed by atoms with Crippen molar-refractivity contribution in [1.29, 1.82) is 0 Å². The van der Waals surface area contributed by atoms with Crippen molar-refractivity contribution in [2.75, 3.05) is 11.6 Å². The van der Waals surface area contributed by atoms with Crippen LogP contribution < -0.4 is 15.1 Å². The summed E-state index contributed by atoms with van der Waals surface area (Å²) < 4.78 is 18.0. The van der Waals surface area contributed by atoms with Crippen molar-refractivity contribution < 1.29 is 18.7 Å². The number of para-hydroxylation sites is 1. The summed E-state index contributed by atoms with van der Waals surface area (Å²) in [5.41, 5.74) is 0.634. The van der Waals surface area contributed by atoms with Crippen molar-refractivity contribution in [1.82, 2.24) is 5.32 Å². The first-order valence-electron chi connectivity index (χ1n) is 7.25. The van der Waals surface area contributed by atoms with Crippen LogP contribution in [0.2, 0.25) is 0 Å². The molecule has 7 heteroatoms. The average molecular weight is 327 g/mol. The summed E-state index contributed by atoms with van der Waals surface area (Å²) in [5.74, 6) is -0.415. The summed E-state index contributed by atoms with van der Waals surface area (Å²) in [7, 11) is 0. The third-order valence-electron chi connectivity index (χ3n) is 3.24. The number of amides is 2. The molecule has 2 aromatic carbocycles. The molecular formula is C17H14FN3O3. The number of carbonyl (C=O) groups is 2. The number of ether oxygens (including phenoxy) is 1. The lowest BCUT2D eigenvalue weighted by Crippen LogP contribution is -2.33. The molecule has 0 radical (unpaired) electrons. The van der Waals surface area contributed by atoms with Gasteiger partial charge in [0, 0.05) is 0 Å². The quantitative estimate of drug-likeness (QED) is 0.934. The van der Waals surface area contributed by atoms with Crippen LogP contribution in [-0.4, -0.2) is 24.3 Å². The van der Waals surface area contributed by atoms with Gasteiger partial charge in [0.2, 0.25) is 0 Å². The predicted octanol–water partition coefficient (Wildman–Crippen LogP) is 2.07. The molecule has 122 valence electrons. The van der Waals surface area contributed by atoms with E-state index in [1.54, 1.807) is 24.3 Å². The Morgan fingerprint density at radius 2 is 1.88 bits per heavy atom. The Morgan fingerprint density at radius 3 is 2.58 bits per heavy atom. The fourth-order valence-electron chi connectivity index (χ4n) is 2.15. The molecule has 24 heavy (non-hydrogen) atoms. The Balaban J connectivity index is 1.56. The Bertz CT molecular complexity index is 775. The van der Waals surface area contributed by atoms with Crippen molar-refractivity contribution >= 4 is 23.3 Å². The van der Waals surface area contributed by atoms with Gasteiger partial charge in [0.05, 0.1) is 12.1 Å². The number of nitrogens with zero attached hydrogens (tertiary/aromatic N) is 2. The number of anilines is 1. The van der Waals surface area contributed by atoms with Gasteiger partial charge in [0.25, 0.3) is 11.8 Å². The summed E-state index contributed by atoms with van der Waals surface area (Å²) in [6.45, 7) is -0.260. The van der Waals surface area contributed by atoms with E-state index in [0.29, 0.717) is 11.4 Å². The van der Waals surface area contributed by atoms with Gasteiger partial charge in [-0.1, -0.05) is 18.2 Å². The highest BCUT2D eigenvalue weighted by atomic mass is 19.1. The molecule has 0 unspecified atom stereocenters. The van der Waals surface area contributed by atoms with E-state index in [1.807, 2.05) is 6.07 Å². The van der Waals surface area contributed by atoms with Crippen LogP contribution >= 0.6 is 0 Å². The number of hydrogen-bond acceptors (Lipinski definition) is 4. The van der Waals surface area contributed by atoms with E-state index in [2.05, 4.69) is 10.4 Å². The highest BCUT2D eigenvalue weighted by molar-refractivity contribution is 6.15. The zero-order valence-electron chi connectivity index (χ0n) is 12.6. The molecular weight excluding hydrogens is 313 g/mol. The van der Waals surface area contributed by atoms with Gasteiger partial charge >= 0.3 is 0 Å². The van der Waals surface area contributed by atoms with Gasteiger partial charge in [-0.05, 0) is 36.4 Å². The van der Waals surface area contributed by atoms with E-state index in [-0.39, 0.29) is 30.6 Å². The molecule has 1 aliphatic rings. The fourth-order valence-corrected chi connectivity index (χ4v) is 2.15. The molecule has 0 atom stereocenters. The first-order chi connectivity index (χ1) is 11.6. The van der Waals surface area contributed by atoms with Crippen LogP contribution in [0.5, 0.6) is 5.75 Å². The second kappa shape index (κ2) is 6.91. The summed E-state index contributed by atoms with van der Waals surface area (Å²) in [6, 6.07) is 14.3.